The van der Waals surface area contributed by atoms with Crippen molar-refractivity contribution in [3.05, 3.63) is 63.5 Å². The number of aromatic amines is 1. The maximum Gasteiger partial charge on any atom is 0.340 e. The molecule has 1 aromatic heterocycles. The van der Waals surface area contributed by atoms with Crippen LogP contribution in [-0.2, 0) is 4.74 Å². The summed E-state index contributed by atoms with van der Waals surface area (Å²) in [4.78, 5) is 27.4. The number of nitrogens with one attached hydrogen (secondary N) is 1. The minimum absolute atomic E-state index is 0.00454. The Labute approximate surface area is 148 Å². The van der Waals surface area contributed by atoms with Gasteiger partial charge >= 0.3 is 5.97 Å². The Kier molecular flexibility index (Phi) is 5.68. The molecule has 0 aliphatic carbocycles. The minimum Gasteiger partial charge on any atom is -0.462 e. The van der Waals surface area contributed by atoms with Crippen LogP contribution < -0.4 is 0 Å². The molecule has 0 atom stereocenters. The Morgan fingerprint density at radius 3 is 2.42 bits per heavy atom. The number of aryl methyl sites for hydroxylation is 1. The highest BCUT2D eigenvalue weighted by molar-refractivity contribution is 6.15. The number of ether oxygens (including phenoxy) is 1. The van der Waals surface area contributed by atoms with E-state index in [0.717, 1.165) is 18.2 Å². The van der Waals surface area contributed by atoms with E-state index in [1.807, 2.05) is 0 Å². The zero-order valence-electron chi connectivity index (χ0n) is 14.4. The van der Waals surface area contributed by atoms with Crippen molar-refractivity contribution in [3.8, 4) is 6.07 Å². The highest BCUT2D eigenvalue weighted by Gasteiger charge is 2.25. The van der Waals surface area contributed by atoms with Crippen LogP contribution in [0.1, 0.15) is 44.6 Å². The molecule has 0 spiro atoms. The lowest BCUT2D eigenvalue weighted by Crippen LogP contribution is -2.08. The number of hydrogen-bond acceptors (Lipinski definition) is 4. The molecule has 0 unspecified atom stereocenters. The summed E-state index contributed by atoms with van der Waals surface area (Å²) in [5, 5.41) is 9.27. The van der Waals surface area contributed by atoms with Crippen molar-refractivity contribution in [1.29, 1.82) is 5.26 Å². The Morgan fingerprint density at radius 2 is 1.88 bits per heavy atom. The largest absolute Gasteiger partial charge is 0.462 e. The number of carbonyl (C=O) groups excluding carboxylic acids is 2. The first-order valence-electron chi connectivity index (χ1n) is 7.78. The van der Waals surface area contributed by atoms with Crippen LogP contribution in [0.4, 0.5) is 8.78 Å². The standard InChI is InChI=1S/C19H16F2N2O3/c1-4-26-19(25)16-10(2)17(23-11(16)3)18(24)12(9-22)8-13-14(20)6-5-7-15(13)21/h5-8,23H,4H2,1-3H3/b12-8+. The third-order valence-electron chi connectivity index (χ3n) is 3.80. The zero-order valence-corrected chi connectivity index (χ0v) is 14.4. The SMILES string of the molecule is CCOC(=O)c1c(C)[nH]c(C(=O)/C(C#N)=C/c2c(F)cccc2F)c1C. The number of aromatic nitrogens is 1. The van der Waals surface area contributed by atoms with Crippen LogP contribution in [0, 0.1) is 36.8 Å². The number of benzene rings is 1. The average Bonchev–Trinajstić information content (AvgIpc) is 2.89. The molecule has 5 nitrogen and oxygen atoms in total. The van der Waals surface area contributed by atoms with E-state index in [1.165, 1.54) is 13.0 Å². The van der Waals surface area contributed by atoms with Gasteiger partial charge in [-0.15, -0.1) is 0 Å². The molecule has 1 N–H and O–H groups in total. The number of halogens is 2. The van der Waals surface area contributed by atoms with Crippen LogP contribution >= 0.6 is 0 Å². The highest BCUT2D eigenvalue weighted by Crippen LogP contribution is 2.23. The fraction of sp³-hybridized carbons (Fsp3) is 0.211. The Balaban J connectivity index is 2.51. The van der Waals surface area contributed by atoms with Gasteiger partial charge in [-0.3, -0.25) is 4.79 Å². The first-order valence-corrected chi connectivity index (χ1v) is 7.78. The van der Waals surface area contributed by atoms with E-state index in [2.05, 4.69) is 4.98 Å². The van der Waals surface area contributed by atoms with Crippen molar-refractivity contribution in [2.24, 2.45) is 0 Å². The first-order chi connectivity index (χ1) is 12.3. The van der Waals surface area contributed by atoms with E-state index in [1.54, 1.807) is 19.9 Å². The van der Waals surface area contributed by atoms with Gasteiger partial charge < -0.3 is 9.72 Å². The molecular weight excluding hydrogens is 342 g/mol. The number of allylic oxidation sites excluding steroid dienone is 1. The monoisotopic (exact) mass is 358 g/mol. The van der Waals surface area contributed by atoms with Crippen molar-refractivity contribution < 1.29 is 23.1 Å². The number of nitrogens with zero attached hydrogens (tertiary/aromatic N) is 1. The number of Topliss-reactive ketones (excluding diaryl/α,β-unsaturated/α-hetero) is 1. The zero-order chi connectivity index (χ0) is 19.4. The molecule has 1 aromatic carbocycles. The molecule has 0 aliphatic heterocycles. The molecule has 7 heteroatoms. The summed E-state index contributed by atoms with van der Waals surface area (Å²) in [6.07, 6.45) is 0.854. The molecular formula is C19H16F2N2O3. The molecule has 0 radical (unpaired) electrons. The molecule has 26 heavy (non-hydrogen) atoms. The predicted octanol–water partition coefficient (Wildman–Crippen LogP) is 3.88. The van der Waals surface area contributed by atoms with Crippen molar-refractivity contribution in [3.63, 3.8) is 0 Å². The average molecular weight is 358 g/mol. The van der Waals surface area contributed by atoms with Gasteiger partial charge in [0.05, 0.1) is 17.9 Å². The lowest BCUT2D eigenvalue weighted by molar-refractivity contribution is 0.0525. The van der Waals surface area contributed by atoms with Gasteiger partial charge in [-0.2, -0.15) is 5.26 Å². The van der Waals surface area contributed by atoms with E-state index in [-0.39, 0.29) is 17.9 Å². The number of ketones is 1. The predicted molar refractivity (Wildman–Crippen MR) is 90.5 cm³/mol. The topological polar surface area (TPSA) is 83.0 Å². The highest BCUT2D eigenvalue weighted by atomic mass is 19.1. The van der Waals surface area contributed by atoms with Gasteiger partial charge in [-0.1, -0.05) is 6.07 Å². The fourth-order valence-corrected chi connectivity index (χ4v) is 2.56. The smallest absolute Gasteiger partial charge is 0.340 e. The van der Waals surface area contributed by atoms with E-state index in [9.17, 15) is 23.6 Å². The molecule has 0 saturated heterocycles. The third kappa shape index (κ3) is 3.54. The van der Waals surface area contributed by atoms with Crippen LogP contribution in [0.5, 0.6) is 0 Å². The van der Waals surface area contributed by atoms with Crippen LogP contribution in [0.2, 0.25) is 0 Å². The third-order valence-corrected chi connectivity index (χ3v) is 3.80. The quantitative estimate of drug-likeness (QED) is 0.381. The number of rotatable bonds is 5. The van der Waals surface area contributed by atoms with Gasteiger partial charge in [0.15, 0.2) is 0 Å². The Bertz CT molecular complexity index is 932. The molecule has 0 bridgehead atoms. The summed E-state index contributed by atoms with van der Waals surface area (Å²) in [5.41, 5.74) is -0.0443. The van der Waals surface area contributed by atoms with Crippen LogP contribution in [0.25, 0.3) is 6.08 Å². The summed E-state index contributed by atoms with van der Waals surface area (Å²) in [5.74, 6) is -3.15. The lowest BCUT2D eigenvalue weighted by Gasteiger charge is -2.03. The second-order valence-electron chi connectivity index (χ2n) is 5.48. The van der Waals surface area contributed by atoms with Crippen molar-refractivity contribution in [2.75, 3.05) is 6.61 Å². The second-order valence-corrected chi connectivity index (χ2v) is 5.48. The van der Waals surface area contributed by atoms with Gasteiger partial charge in [0, 0.05) is 11.3 Å². The van der Waals surface area contributed by atoms with E-state index >= 15 is 0 Å². The summed E-state index contributed by atoms with van der Waals surface area (Å²) in [6.45, 7) is 4.94. The summed E-state index contributed by atoms with van der Waals surface area (Å²) >= 11 is 0. The van der Waals surface area contributed by atoms with Gasteiger partial charge in [-0.05, 0) is 44.5 Å². The van der Waals surface area contributed by atoms with E-state index in [0.29, 0.717) is 11.3 Å². The minimum atomic E-state index is -0.892. The molecule has 0 saturated carbocycles. The molecule has 2 aromatic rings. The van der Waals surface area contributed by atoms with E-state index < -0.39 is 34.5 Å². The van der Waals surface area contributed by atoms with Crippen molar-refractivity contribution in [1.82, 2.24) is 4.98 Å². The summed E-state index contributed by atoms with van der Waals surface area (Å²) in [7, 11) is 0. The number of nitriles is 1. The maximum absolute atomic E-state index is 13.8. The van der Waals surface area contributed by atoms with Crippen LogP contribution in [0.15, 0.2) is 23.8 Å². The van der Waals surface area contributed by atoms with Crippen molar-refractivity contribution in [2.45, 2.75) is 20.8 Å². The van der Waals surface area contributed by atoms with Gasteiger partial charge in [0.25, 0.3) is 0 Å². The number of H-pyrrole nitrogens is 1. The van der Waals surface area contributed by atoms with Gasteiger partial charge in [0.1, 0.15) is 23.3 Å². The summed E-state index contributed by atoms with van der Waals surface area (Å²) < 4.78 is 32.5. The molecule has 2 rings (SSSR count). The Morgan fingerprint density at radius 1 is 1.27 bits per heavy atom. The number of hydrogen-bond donors (Lipinski definition) is 1. The van der Waals surface area contributed by atoms with Crippen molar-refractivity contribution >= 4 is 17.8 Å². The normalized spacial score (nSPS) is 11.2. The second kappa shape index (κ2) is 7.74. The molecule has 0 amide bonds. The lowest BCUT2D eigenvalue weighted by atomic mass is 10.0. The van der Waals surface area contributed by atoms with Gasteiger partial charge in [-0.25, -0.2) is 13.6 Å². The molecule has 134 valence electrons. The number of carbonyl (C=O) groups is 2. The van der Waals surface area contributed by atoms with Crippen LogP contribution in [0.3, 0.4) is 0 Å². The van der Waals surface area contributed by atoms with Gasteiger partial charge in [0.2, 0.25) is 5.78 Å². The first kappa shape index (κ1) is 19.1. The molecule has 1 heterocycles. The Hall–Kier alpha value is -3.27. The van der Waals surface area contributed by atoms with Crippen LogP contribution in [-0.4, -0.2) is 23.3 Å². The number of esters is 1. The maximum atomic E-state index is 13.8. The molecule has 0 aliphatic rings. The molecule has 0 fully saturated rings. The fourth-order valence-electron chi connectivity index (χ4n) is 2.56. The summed E-state index contributed by atoms with van der Waals surface area (Å²) in [6, 6.07) is 4.89. The van der Waals surface area contributed by atoms with E-state index in [4.69, 9.17) is 4.74 Å².